The van der Waals surface area contributed by atoms with Crippen LogP contribution in [0.3, 0.4) is 0 Å². The molecule has 5 nitrogen and oxygen atoms in total. The summed E-state index contributed by atoms with van der Waals surface area (Å²) in [6.45, 7) is 4.61. The minimum atomic E-state index is -0.327. The Bertz CT molecular complexity index is 923. The molecule has 0 bridgehead atoms. The summed E-state index contributed by atoms with van der Waals surface area (Å²) in [4.78, 5) is 26.4. The number of nitrogens with zero attached hydrogens (tertiary/aromatic N) is 3. The summed E-state index contributed by atoms with van der Waals surface area (Å²) in [5.41, 5.74) is 0.997. The molecular formula is C20H21N3O2S2. The average molecular weight is 400 g/mol. The predicted molar refractivity (Wildman–Crippen MR) is 109 cm³/mol. The minimum Gasteiger partial charge on any atom is -0.378 e. The molecule has 1 amide bonds. The van der Waals surface area contributed by atoms with Crippen molar-refractivity contribution in [2.45, 2.75) is 23.6 Å². The molecule has 2 aromatic heterocycles. The first-order valence-corrected chi connectivity index (χ1v) is 10.8. The first kappa shape index (κ1) is 18.4. The van der Waals surface area contributed by atoms with Crippen LogP contribution in [0.5, 0.6) is 0 Å². The quantitative estimate of drug-likeness (QED) is 0.480. The molecule has 3 heterocycles. The van der Waals surface area contributed by atoms with Gasteiger partial charge in [0.05, 0.1) is 13.2 Å². The fourth-order valence-electron chi connectivity index (χ4n) is 3.10. The van der Waals surface area contributed by atoms with Crippen molar-refractivity contribution < 1.29 is 9.53 Å². The second kappa shape index (κ2) is 8.37. The van der Waals surface area contributed by atoms with E-state index in [1.54, 1.807) is 17.7 Å². The van der Waals surface area contributed by atoms with Crippen LogP contribution in [0.2, 0.25) is 0 Å². The molecule has 1 fully saturated rings. The number of carbonyl (C=O) groups excluding carboxylic acids is 1. The van der Waals surface area contributed by atoms with E-state index in [9.17, 15) is 4.79 Å². The van der Waals surface area contributed by atoms with E-state index < -0.39 is 0 Å². The van der Waals surface area contributed by atoms with Crippen LogP contribution in [0, 0.1) is 0 Å². The van der Waals surface area contributed by atoms with Gasteiger partial charge in [-0.15, -0.1) is 11.3 Å². The van der Waals surface area contributed by atoms with Gasteiger partial charge in [-0.2, -0.15) is 0 Å². The van der Waals surface area contributed by atoms with Crippen molar-refractivity contribution in [2.24, 2.45) is 0 Å². The third-order valence-corrected chi connectivity index (χ3v) is 7.02. The third kappa shape index (κ3) is 4.00. The summed E-state index contributed by atoms with van der Waals surface area (Å²) >= 11 is 3.21. The number of hydrogen-bond acceptors (Lipinski definition) is 6. The van der Waals surface area contributed by atoms with E-state index >= 15 is 0 Å². The van der Waals surface area contributed by atoms with E-state index in [4.69, 9.17) is 4.74 Å². The van der Waals surface area contributed by atoms with E-state index in [0.717, 1.165) is 27.2 Å². The van der Waals surface area contributed by atoms with Crippen LogP contribution in [0.4, 0.5) is 0 Å². The van der Waals surface area contributed by atoms with Gasteiger partial charge in [-0.25, -0.2) is 9.97 Å². The van der Waals surface area contributed by atoms with Gasteiger partial charge in [0.25, 0.3) is 0 Å². The lowest BCUT2D eigenvalue weighted by Crippen LogP contribution is -2.42. The molecule has 0 spiro atoms. The SMILES string of the molecule is CCc1cc2c(S[C@H](C(=O)N3CCOCC3)c3ccccc3)ncnc2s1. The number of benzene rings is 1. The van der Waals surface area contributed by atoms with Crippen LogP contribution in [0.25, 0.3) is 10.2 Å². The summed E-state index contributed by atoms with van der Waals surface area (Å²) in [6.07, 6.45) is 2.57. The standard InChI is InChI=1S/C20H21N3O2S2/c1-2-15-12-16-18(26-15)21-13-22-19(16)27-17(14-6-4-3-5-7-14)20(24)23-8-10-25-11-9-23/h3-7,12-13,17H,2,8-11H2,1H3/t17-/m0/s1. The smallest absolute Gasteiger partial charge is 0.240 e. The van der Waals surface area contributed by atoms with E-state index in [1.165, 1.54) is 16.6 Å². The van der Waals surface area contributed by atoms with Gasteiger partial charge < -0.3 is 9.64 Å². The summed E-state index contributed by atoms with van der Waals surface area (Å²) in [7, 11) is 0. The maximum absolute atomic E-state index is 13.3. The summed E-state index contributed by atoms with van der Waals surface area (Å²) in [5.74, 6) is 0.118. The zero-order valence-corrected chi connectivity index (χ0v) is 16.8. The summed E-state index contributed by atoms with van der Waals surface area (Å²) in [6, 6.07) is 12.1. The number of aromatic nitrogens is 2. The Morgan fingerprint density at radius 1 is 1.26 bits per heavy atom. The van der Waals surface area contributed by atoms with E-state index in [2.05, 4.69) is 23.0 Å². The number of ether oxygens (including phenoxy) is 1. The molecule has 0 saturated carbocycles. The van der Waals surface area contributed by atoms with Crippen molar-refractivity contribution >= 4 is 39.2 Å². The van der Waals surface area contributed by atoms with E-state index in [0.29, 0.717) is 26.3 Å². The second-order valence-corrected chi connectivity index (χ2v) is 8.52. The number of thioether (sulfide) groups is 1. The lowest BCUT2D eigenvalue weighted by molar-refractivity contribution is -0.134. The first-order chi connectivity index (χ1) is 13.3. The number of amides is 1. The molecule has 0 radical (unpaired) electrons. The van der Waals surface area contributed by atoms with Crippen LogP contribution in [0.15, 0.2) is 47.8 Å². The molecule has 7 heteroatoms. The maximum Gasteiger partial charge on any atom is 0.240 e. The van der Waals surface area contributed by atoms with E-state index in [-0.39, 0.29) is 11.2 Å². The Kier molecular flexibility index (Phi) is 5.71. The molecular weight excluding hydrogens is 378 g/mol. The van der Waals surface area contributed by atoms with Crippen molar-refractivity contribution in [1.29, 1.82) is 0 Å². The van der Waals surface area contributed by atoms with Crippen LogP contribution in [-0.2, 0) is 16.0 Å². The molecule has 1 aromatic carbocycles. The molecule has 1 aliphatic heterocycles. The molecule has 27 heavy (non-hydrogen) atoms. The molecule has 1 saturated heterocycles. The minimum absolute atomic E-state index is 0.118. The molecule has 140 valence electrons. The van der Waals surface area contributed by atoms with Crippen molar-refractivity contribution in [3.05, 3.63) is 53.2 Å². The number of rotatable bonds is 5. The molecule has 0 unspecified atom stereocenters. The predicted octanol–water partition coefficient (Wildman–Crippen LogP) is 3.95. The van der Waals surface area contributed by atoms with Crippen LogP contribution in [-0.4, -0.2) is 47.1 Å². The number of aryl methyl sites for hydroxylation is 1. The first-order valence-electron chi connectivity index (χ1n) is 9.08. The van der Waals surface area contributed by atoms with Crippen molar-refractivity contribution in [3.8, 4) is 0 Å². The zero-order chi connectivity index (χ0) is 18.6. The highest BCUT2D eigenvalue weighted by Gasteiger charge is 2.29. The lowest BCUT2D eigenvalue weighted by Gasteiger charge is -2.30. The van der Waals surface area contributed by atoms with Crippen molar-refractivity contribution in [1.82, 2.24) is 14.9 Å². The Labute approximate surface area is 166 Å². The van der Waals surface area contributed by atoms with E-state index in [1.807, 2.05) is 35.2 Å². The third-order valence-electron chi connectivity index (χ3n) is 4.57. The molecule has 1 atom stereocenters. The van der Waals surface area contributed by atoms with Gasteiger partial charge in [-0.05, 0) is 18.1 Å². The average Bonchev–Trinajstić information content (AvgIpc) is 3.17. The molecule has 1 aliphatic rings. The maximum atomic E-state index is 13.3. The highest BCUT2D eigenvalue weighted by atomic mass is 32.2. The van der Waals surface area contributed by atoms with Crippen molar-refractivity contribution in [3.63, 3.8) is 0 Å². The Morgan fingerprint density at radius 3 is 2.78 bits per heavy atom. The Hall–Kier alpha value is -1.96. The largest absolute Gasteiger partial charge is 0.378 e. The lowest BCUT2D eigenvalue weighted by atomic mass is 10.1. The van der Waals surface area contributed by atoms with Crippen LogP contribution in [0.1, 0.15) is 22.6 Å². The number of fused-ring (bicyclic) bond motifs is 1. The van der Waals surface area contributed by atoms with Gasteiger partial charge >= 0.3 is 0 Å². The highest BCUT2D eigenvalue weighted by molar-refractivity contribution is 8.00. The Balaban J connectivity index is 1.69. The van der Waals surface area contributed by atoms with Gasteiger partial charge in [0.1, 0.15) is 21.4 Å². The summed E-state index contributed by atoms with van der Waals surface area (Å²) in [5, 5.41) is 1.58. The van der Waals surface area contributed by atoms with Gasteiger partial charge in [0.2, 0.25) is 5.91 Å². The fraction of sp³-hybridized carbons (Fsp3) is 0.350. The van der Waals surface area contributed by atoms with Crippen LogP contribution < -0.4 is 0 Å². The van der Waals surface area contributed by atoms with Gasteiger partial charge in [0, 0.05) is 23.4 Å². The molecule has 0 N–H and O–H groups in total. The number of thiophene rings is 1. The monoisotopic (exact) mass is 399 g/mol. The molecule has 0 aliphatic carbocycles. The Morgan fingerprint density at radius 2 is 2.04 bits per heavy atom. The highest BCUT2D eigenvalue weighted by Crippen LogP contribution is 2.40. The normalized spacial score (nSPS) is 15.8. The fourth-order valence-corrected chi connectivity index (χ4v) is 5.26. The van der Waals surface area contributed by atoms with Gasteiger partial charge in [-0.3, -0.25) is 4.79 Å². The van der Waals surface area contributed by atoms with Gasteiger partial charge in [0.15, 0.2) is 0 Å². The molecule has 3 aromatic rings. The zero-order valence-electron chi connectivity index (χ0n) is 15.1. The number of carbonyl (C=O) groups is 1. The summed E-state index contributed by atoms with van der Waals surface area (Å²) < 4.78 is 5.41. The number of hydrogen-bond donors (Lipinski definition) is 0. The van der Waals surface area contributed by atoms with Crippen molar-refractivity contribution in [2.75, 3.05) is 26.3 Å². The van der Waals surface area contributed by atoms with Crippen LogP contribution >= 0.6 is 23.1 Å². The van der Waals surface area contributed by atoms with Gasteiger partial charge in [-0.1, -0.05) is 49.0 Å². The second-order valence-electron chi connectivity index (χ2n) is 6.31. The topological polar surface area (TPSA) is 55.3 Å². The number of morpholine rings is 1. The molecule has 4 rings (SSSR count).